The summed E-state index contributed by atoms with van der Waals surface area (Å²) in [6.07, 6.45) is 0. The number of rotatable bonds is 13. The molecule has 6 nitrogen and oxygen atoms in total. The average Bonchev–Trinajstić information content (AvgIpc) is 0.702. The number of fused-ring (bicyclic) bond motifs is 4. The summed E-state index contributed by atoms with van der Waals surface area (Å²) < 4.78 is 0. The van der Waals surface area contributed by atoms with Gasteiger partial charge in [0.05, 0.1) is 28.4 Å². The van der Waals surface area contributed by atoms with E-state index < -0.39 is 8.07 Å². The molecular formula is C82H74N6Si. The Morgan fingerprint density at radius 3 is 0.865 bits per heavy atom. The summed E-state index contributed by atoms with van der Waals surface area (Å²) in [5.41, 5.74) is 29.4. The predicted molar refractivity (Wildman–Crippen MR) is 383 cm³/mol. The van der Waals surface area contributed by atoms with Crippen molar-refractivity contribution in [2.75, 3.05) is 29.8 Å². The lowest BCUT2D eigenvalue weighted by Crippen LogP contribution is -2.71. The van der Waals surface area contributed by atoms with Gasteiger partial charge in [-0.15, -0.1) is 0 Å². The predicted octanol–water partition coefficient (Wildman–Crippen LogP) is 21.3. The fraction of sp³-hybridized carbons (Fsp3) is 0.122. The van der Waals surface area contributed by atoms with Crippen molar-refractivity contribution in [3.63, 3.8) is 0 Å². The molecule has 1 N–H and O–H groups in total. The van der Waals surface area contributed by atoms with E-state index >= 15 is 0 Å². The minimum atomic E-state index is -3.31. The molecule has 12 aromatic carbocycles. The number of hydrogen-bond acceptors (Lipinski definition) is 6. The van der Waals surface area contributed by atoms with Gasteiger partial charge in [-0.05, 0) is 223 Å². The second-order valence-corrected chi connectivity index (χ2v) is 28.7. The summed E-state index contributed by atoms with van der Waals surface area (Å²) in [6.45, 7) is 22.2. The molecule has 2 aliphatic rings. The van der Waals surface area contributed by atoms with E-state index in [0.29, 0.717) is 0 Å². The number of anilines is 17. The van der Waals surface area contributed by atoms with Gasteiger partial charge in [0, 0.05) is 68.2 Å². The molecule has 0 fully saturated rings. The van der Waals surface area contributed by atoms with Gasteiger partial charge < -0.3 is 29.8 Å². The highest BCUT2D eigenvalue weighted by atomic mass is 28.3. The zero-order valence-electron chi connectivity index (χ0n) is 52.6. The van der Waals surface area contributed by atoms with Gasteiger partial charge in [-0.2, -0.15) is 0 Å². The number of hydrogen-bond donors (Lipinski definition) is 1. The van der Waals surface area contributed by atoms with Crippen molar-refractivity contribution in [1.29, 1.82) is 0 Å². The zero-order chi connectivity index (χ0) is 61.2. The third-order valence-corrected chi connectivity index (χ3v) is 22.6. The first-order valence-electron chi connectivity index (χ1n) is 31.0. The molecule has 7 heteroatoms. The fourth-order valence-electron chi connectivity index (χ4n) is 13.3. The van der Waals surface area contributed by atoms with E-state index in [4.69, 9.17) is 0 Å². The minimum Gasteiger partial charge on any atom is -0.355 e. The van der Waals surface area contributed by atoms with Crippen molar-refractivity contribution in [3.05, 3.63) is 311 Å². The molecule has 0 bridgehead atoms. The van der Waals surface area contributed by atoms with Gasteiger partial charge >= 0.3 is 0 Å². The van der Waals surface area contributed by atoms with Gasteiger partial charge in [0.25, 0.3) is 0 Å². The molecule has 0 amide bonds. The van der Waals surface area contributed by atoms with Crippen molar-refractivity contribution < 1.29 is 0 Å². The molecule has 0 saturated carbocycles. The van der Waals surface area contributed by atoms with Gasteiger partial charge in [-0.25, -0.2) is 0 Å². The number of benzene rings is 12. The highest BCUT2D eigenvalue weighted by Crippen LogP contribution is 2.53. The van der Waals surface area contributed by atoms with Crippen LogP contribution in [0.25, 0.3) is 0 Å². The van der Waals surface area contributed by atoms with Crippen LogP contribution >= 0.6 is 0 Å². The first kappa shape index (κ1) is 56.5. The Morgan fingerprint density at radius 2 is 0.517 bits per heavy atom. The lowest BCUT2D eigenvalue weighted by Gasteiger charge is -2.51. The van der Waals surface area contributed by atoms with E-state index in [1.165, 1.54) is 65.6 Å². The van der Waals surface area contributed by atoms with Crippen LogP contribution in [0.4, 0.5) is 96.7 Å². The highest BCUT2D eigenvalue weighted by molar-refractivity contribution is 7.15. The summed E-state index contributed by atoms with van der Waals surface area (Å²) in [5, 5.41) is 8.18. The van der Waals surface area contributed by atoms with Crippen LogP contribution in [-0.4, -0.2) is 8.07 Å². The molecule has 0 radical (unpaired) electrons. The summed E-state index contributed by atoms with van der Waals surface area (Å²) in [7, 11) is -3.31. The lowest BCUT2D eigenvalue weighted by atomic mass is 10.0. The van der Waals surface area contributed by atoms with Crippen molar-refractivity contribution in [3.8, 4) is 0 Å². The van der Waals surface area contributed by atoms with Crippen LogP contribution in [0.3, 0.4) is 0 Å². The van der Waals surface area contributed by atoms with Gasteiger partial charge in [0.15, 0.2) is 8.07 Å². The lowest BCUT2D eigenvalue weighted by molar-refractivity contribution is 1.20. The molecule has 2 heterocycles. The Bertz CT molecular complexity index is 4400. The Morgan fingerprint density at radius 1 is 0.258 bits per heavy atom. The Labute approximate surface area is 526 Å². The topological polar surface area (TPSA) is 28.2 Å². The fourth-order valence-corrected chi connectivity index (χ4v) is 18.0. The quantitative estimate of drug-likeness (QED) is 0.116. The van der Waals surface area contributed by atoms with E-state index in [0.717, 1.165) is 96.7 Å². The summed E-state index contributed by atoms with van der Waals surface area (Å²) in [4.78, 5) is 12.5. The summed E-state index contributed by atoms with van der Waals surface area (Å²) >= 11 is 0. The van der Waals surface area contributed by atoms with Crippen molar-refractivity contribution in [1.82, 2.24) is 0 Å². The molecular weight excluding hydrogens is 1100 g/mol. The van der Waals surface area contributed by atoms with Crippen LogP contribution < -0.4 is 45.4 Å². The Balaban J connectivity index is 1.15. The molecule has 0 spiro atoms. The van der Waals surface area contributed by atoms with Crippen LogP contribution in [0.5, 0.6) is 0 Å². The monoisotopic (exact) mass is 1170 g/mol. The molecule has 0 saturated heterocycles. The van der Waals surface area contributed by atoms with Crippen molar-refractivity contribution in [2.45, 2.75) is 68.9 Å². The maximum atomic E-state index is 4.22. The molecule has 1 atom stereocenters. The first-order chi connectivity index (χ1) is 43.1. The second-order valence-electron chi connectivity index (χ2n) is 24.9. The van der Waals surface area contributed by atoms with Crippen LogP contribution in [0.2, 0.25) is 6.55 Å². The van der Waals surface area contributed by atoms with E-state index in [1.807, 2.05) is 0 Å². The average molecular weight is 1170 g/mol. The summed E-state index contributed by atoms with van der Waals surface area (Å²) in [6, 6.07) is 98.5. The van der Waals surface area contributed by atoms with Crippen LogP contribution in [-0.2, 0) is 0 Å². The molecule has 14 rings (SSSR count). The van der Waals surface area contributed by atoms with E-state index in [-0.39, 0.29) is 0 Å². The van der Waals surface area contributed by atoms with Gasteiger partial charge in [-0.1, -0.05) is 172 Å². The molecule has 89 heavy (non-hydrogen) atoms. The number of aryl methyl sites for hydroxylation is 9. The number of nitrogens with one attached hydrogen (secondary N) is 1. The van der Waals surface area contributed by atoms with Gasteiger partial charge in [0.2, 0.25) is 0 Å². The largest absolute Gasteiger partial charge is 0.355 e. The second kappa shape index (κ2) is 22.7. The van der Waals surface area contributed by atoms with Crippen molar-refractivity contribution in [2.24, 2.45) is 0 Å². The SMILES string of the molecule is Cc1ccc(Nc2cc(N(c3ccc(C)cc3)c3ccc(C)cc3)cc3c2[Si]2(C)c4ccc(N(c5ccc(C)cc5)c5ccc(C)cc5)cc4N(c4ccc(C)cc4)c4cc(N(c5ccc(C)cc5)c5ccc(C)cc5)cc(c42)N3c2ccc(C)cc2)cc1. The van der Waals surface area contributed by atoms with E-state index in [2.05, 4.69) is 360 Å². The van der Waals surface area contributed by atoms with E-state index in [9.17, 15) is 0 Å². The van der Waals surface area contributed by atoms with Crippen LogP contribution in [0.1, 0.15) is 50.1 Å². The van der Waals surface area contributed by atoms with Gasteiger partial charge in [0.1, 0.15) is 0 Å². The Kier molecular flexibility index (Phi) is 14.4. The molecule has 12 aromatic rings. The van der Waals surface area contributed by atoms with E-state index in [1.54, 1.807) is 0 Å². The summed E-state index contributed by atoms with van der Waals surface area (Å²) in [5.74, 6) is 0. The molecule has 2 aliphatic heterocycles. The highest BCUT2D eigenvalue weighted by Gasteiger charge is 2.53. The van der Waals surface area contributed by atoms with Crippen LogP contribution in [0, 0.1) is 62.3 Å². The standard InChI is InChI=1S/C82H74N6Si/c1-54-11-29-63(30-12-54)83-75-49-73(85(66-35-17-57(4)18-36-66)67-37-19-58(5)20-38-67)51-77-81(75)89(10)80-48-47-72(84(64-31-13-55(2)14-32-64)65-33-15-56(3)16-34-65)50-76(80)87(70-43-25-61(8)26-44-70)78-52-74(53-79(82(78)89)88(77)71-45-27-62(9)28-46-71)86(68-39-21-59(6)22-40-68)69-41-23-60(7)24-42-69/h11-53,83H,1-10H3. The maximum Gasteiger partial charge on any atom is 0.158 e. The number of nitrogens with zero attached hydrogens (tertiary/aromatic N) is 5. The van der Waals surface area contributed by atoms with Gasteiger partial charge in [-0.3, -0.25) is 0 Å². The minimum absolute atomic E-state index is 1.03. The van der Waals surface area contributed by atoms with Crippen molar-refractivity contribution >= 4 is 120 Å². The molecule has 0 aromatic heterocycles. The molecule has 436 valence electrons. The maximum absolute atomic E-state index is 4.22. The third kappa shape index (κ3) is 10.4. The Hall–Kier alpha value is -10.3. The molecule has 1 unspecified atom stereocenters. The smallest absolute Gasteiger partial charge is 0.158 e. The zero-order valence-corrected chi connectivity index (χ0v) is 53.6. The molecule has 0 aliphatic carbocycles. The first-order valence-corrected chi connectivity index (χ1v) is 33.5. The normalized spacial score (nSPS) is 13.7. The third-order valence-electron chi connectivity index (χ3n) is 18.1. The van der Waals surface area contributed by atoms with Crippen LogP contribution in [0.15, 0.2) is 261 Å².